The SMILES string of the molecule is Cc1cc(Cl)ccc1OCc1nc(-c2ccc(Br)cc2)no1. The summed E-state index contributed by atoms with van der Waals surface area (Å²) in [5, 5.41) is 4.64. The van der Waals surface area contributed by atoms with E-state index in [0.29, 0.717) is 16.7 Å². The summed E-state index contributed by atoms with van der Waals surface area (Å²) >= 11 is 9.31. The summed E-state index contributed by atoms with van der Waals surface area (Å²) in [6, 6.07) is 13.1. The standard InChI is InChI=1S/C16H12BrClN2O2/c1-10-8-13(18)6-7-14(10)21-9-15-19-16(20-22-15)11-2-4-12(17)5-3-11/h2-8H,9H2,1H3. The van der Waals surface area contributed by atoms with E-state index in [4.69, 9.17) is 20.9 Å². The molecule has 0 fully saturated rings. The van der Waals surface area contributed by atoms with Crippen molar-refractivity contribution in [2.24, 2.45) is 0 Å². The molecular formula is C16H12BrClN2O2. The highest BCUT2D eigenvalue weighted by molar-refractivity contribution is 9.10. The van der Waals surface area contributed by atoms with Gasteiger partial charge in [-0.15, -0.1) is 0 Å². The van der Waals surface area contributed by atoms with E-state index >= 15 is 0 Å². The lowest BCUT2D eigenvalue weighted by molar-refractivity contribution is 0.242. The minimum Gasteiger partial charge on any atom is -0.483 e. The number of rotatable bonds is 4. The molecule has 0 amide bonds. The van der Waals surface area contributed by atoms with Crippen LogP contribution in [0.1, 0.15) is 11.5 Å². The van der Waals surface area contributed by atoms with Crippen LogP contribution in [0.15, 0.2) is 51.5 Å². The number of aromatic nitrogens is 2. The van der Waals surface area contributed by atoms with Crippen molar-refractivity contribution >= 4 is 27.5 Å². The number of ether oxygens (including phenoxy) is 1. The zero-order valence-corrected chi connectivity index (χ0v) is 14.1. The number of aryl methyl sites for hydroxylation is 1. The molecule has 0 aliphatic rings. The molecule has 22 heavy (non-hydrogen) atoms. The number of halogens is 2. The van der Waals surface area contributed by atoms with Gasteiger partial charge in [0.15, 0.2) is 6.61 Å². The lowest BCUT2D eigenvalue weighted by Gasteiger charge is -2.06. The first kappa shape index (κ1) is 15.1. The van der Waals surface area contributed by atoms with Crippen LogP contribution >= 0.6 is 27.5 Å². The Bertz CT molecular complexity index is 787. The number of hydrogen-bond donors (Lipinski definition) is 0. The van der Waals surface area contributed by atoms with E-state index in [1.54, 1.807) is 6.07 Å². The van der Waals surface area contributed by atoms with Crippen molar-refractivity contribution in [3.63, 3.8) is 0 Å². The van der Waals surface area contributed by atoms with Crippen LogP contribution in [-0.4, -0.2) is 10.1 Å². The smallest absolute Gasteiger partial charge is 0.264 e. The number of nitrogens with zero attached hydrogens (tertiary/aromatic N) is 2. The second-order valence-corrected chi connectivity index (χ2v) is 6.07. The Morgan fingerprint density at radius 2 is 1.95 bits per heavy atom. The van der Waals surface area contributed by atoms with Crippen molar-refractivity contribution in [2.75, 3.05) is 0 Å². The maximum atomic E-state index is 5.92. The molecule has 112 valence electrons. The predicted octanol–water partition coefficient (Wildman–Crippen LogP) is 5.04. The van der Waals surface area contributed by atoms with Crippen LogP contribution < -0.4 is 4.74 Å². The summed E-state index contributed by atoms with van der Waals surface area (Å²) < 4.78 is 11.9. The molecule has 0 N–H and O–H groups in total. The molecule has 0 aliphatic carbocycles. The molecule has 1 heterocycles. The largest absolute Gasteiger partial charge is 0.483 e. The first-order valence-electron chi connectivity index (χ1n) is 6.59. The Morgan fingerprint density at radius 1 is 1.18 bits per heavy atom. The fourth-order valence-corrected chi connectivity index (χ4v) is 2.43. The third kappa shape index (κ3) is 3.48. The van der Waals surface area contributed by atoms with E-state index in [0.717, 1.165) is 21.3 Å². The highest BCUT2D eigenvalue weighted by Crippen LogP contribution is 2.23. The molecule has 0 atom stereocenters. The highest BCUT2D eigenvalue weighted by Gasteiger charge is 2.10. The van der Waals surface area contributed by atoms with Crippen molar-refractivity contribution in [3.05, 3.63) is 63.4 Å². The third-order valence-corrected chi connectivity index (χ3v) is 3.82. The van der Waals surface area contributed by atoms with Crippen LogP contribution in [-0.2, 0) is 6.61 Å². The van der Waals surface area contributed by atoms with Crippen LogP contribution in [0.2, 0.25) is 5.02 Å². The van der Waals surface area contributed by atoms with Gasteiger partial charge < -0.3 is 9.26 Å². The molecule has 1 aromatic heterocycles. The summed E-state index contributed by atoms with van der Waals surface area (Å²) in [6.07, 6.45) is 0. The summed E-state index contributed by atoms with van der Waals surface area (Å²) in [4.78, 5) is 4.33. The first-order valence-corrected chi connectivity index (χ1v) is 7.76. The molecule has 0 bridgehead atoms. The van der Waals surface area contributed by atoms with E-state index in [1.165, 1.54) is 0 Å². The molecule has 0 aliphatic heterocycles. The summed E-state index contributed by atoms with van der Waals surface area (Å²) in [7, 11) is 0. The molecule has 0 unspecified atom stereocenters. The molecule has 0 saturated heterocycles. The van der Waals surface area contributed by atoms with E-state index in [1.807, 2.05) is 43.3 Å². The molecule has 2 aromatic carbocycles. The van der Waals surface area contributed by atoms with Crippen molar-refractivity contribution in [1.82, 2.24) is 10.1 Å². The molecule has 3 aromatic rings. The quantitative estimate of drug-likeness (QED) is 0.637. The number of benzene rings is 2. The van der Waals surface area contributed by atoms with E-state index in [2.05, 4.69) is 26.1 Å². The summed E-state index contributed by atoms with van der Waals surface area (Å²) in [5.41, 5.74) is 1.85. The molecule has 6 heteroatoms. The van der Waals surface area contributed by atoms with Crippen molar-refractivity contribution in [1.29, 1.82) is 0 Å². The molecule has 0 saturated carbocycles. The maximum Gasteiger partial charge on any atom is 0.264 e. The Hall–Kier alpha value is -1.85. The Kier molecular flexibility index (Phi) is 4.45. The van der Waals surface area contributed by atoms with Gasteiger partial charge in [-0.2, -0.15) is 4.98 Å². The van der Waals surface area contributed by atoms with Gasteiger partial charge in [0.1, 0.15) is 5.75 Å². The zero-order chi connectivity index (χ0) is 15.5. The van der Waals surface area contributed by atoms with Gasteiger partial charge in [0.25, 0.3) is 5.89 Å². The van der Waals surface area contributed by atoms with Gasteiger partial charge in [-0.3, -0.25) is 0 Å². The van der Waals surface area contributed by atoms with Crippen molar-refractivity contribution < 1.29 is 9.26 Å². The van der Waals surface area contributed by atoms with Crippen molar-refractivity contribution in [3.8, 4) is 17.1 Å². The zero-order valence-electron chi connectivity index (χ0n) is 11.7. The fraction of sp³-hybridized carbons (Fsp3) is 0.125. The van der Waals surface area contributed by atoms with Gasteiger partial charge in [-0.1, -0.05) is 32.7 Å². The minimum absolute atomic E-state index is 0.214. The lowest BCUT2D eigenvalue weighted by Crippen LogP contribution is -1.97. The topological polar surface area (TPSA) is 48.2 Å². The molecule has 3 rings (SSSR count). The van der Waals surface area contributed by atoms with Gasteiger partial charge in [-0.05, 0) is 55.0 Å². The monoisotopic (exact) mass is 378 g/mol. The average molecular weight is 380 g/mol. The highest BCUT2D eigenvalue weighted by atomic mass is 79.9. The first-order chi connectivity index (χ1) is 10.6. The van der Waals surface area contributed by atoms with E-state index in [-0.39, 0.29) is 6.61 Å². The molecular weight excluding hydrogens is 368 g/mol. The Balaban J connectivity index is 1.70. The second-order valence-electron chi connectivity index (χ2n) is 4.72. The van der Waals surface area contributed by atoms with Crippen LogP contribution in [0.4, 0.5) is 0 Å². The van der Waals surface area contributed by atoms with Crippen LogP contribution in [0.3, 0.4) is 0 Å². The fourth-order valence-electron chi connectivity index (χ4n) is 1.94. The van der Waals surface area contributed by atoms with Crippen molar-refractivity contribution in [2.45, 2.75) is 13.5 Å². The minimum atomic E-state index is 0.214. The normalized spacial score (nSPS) is 10.7. The Labute approximate surface area is 141 Å². The van der Waals surface area contributed by atoms with E-state index < -0.39 is 0 Å². The number of hydrogen-bond acceptors (Lipinski definition) is 4. The van der Waals surface area contributed by atoms with Gasteiger partial charge in [0, 0.05) is 15.1 Å². The van der Waals surface area contributed by atoms with Gasteiger partial charge in [0.2, 0.25) is 5.82 Å². The van der Waals surface area contributed by atoms with Gasteiger partial charge in [0.05, 0.1) is 0 Å². The van der Waals surface area contributed by atoms with E-state index in [9.17, 15) is 0 Å². The average Bonchev–Trinajstić information content (AvgIpc) is 2.96. The molecule has 4 nitrogen and oxygen atoms in total. The Morgan fingerprint density at radius 3 is 2.68 bits per heavy atom. The van der Waals surface area contributed by atoms with Crippen LogP contribution in [0.25, 0.3) is 11.4 Å². The van der Waals surface area contributed by atoms with Crippen LogP contribution in [0, 0.1) is 6.92 Å². The maximum absolute atomic E-state index is 5.92. The second kappa shape index (κ2) is 6.50. The summed E-state index contributed by atoms with van der Waals surface area (Å²) in [5.74, 6) is 1.71. The molecule has 0 spiro atoms. The predicted molar refractivity (Wildman–Crippen MR) is 88.0 cm³/mol. The third-order valence-electron chi connectivity index (χ3n) is 3.06. The van der Waals surface area contributed by atoms with Crippen LogP contribution in [0.5, 0.6) is 5.75 Å². The lowest BCUT2D eigenvalue weighted by atomic mass is 10.2. The van der Waals surface area contributed by atoms with Gasteiger partial charge >= 0.3 is 0 Å². The summed E-state index contributed by atoms with van der Waals surface area (Å²) in [6.45, 7) is 2.15. The molecule has 0 radical (unpaired) electrons. The van der Waals surface area contributed by atoms with Gasteiger partial charge in [-0.25, -0.2) is 0 Å².